The van der Waals surface area contributed by atoms with Crippen LogP contribution < -0.4 is 17.0 Å². The number of nitrogens with zero attached hydrogens (tertiary/aromatic N) is 2. The van der Waals surface area contributed by atoms with E-state index in [9.17, 15) is 38.2 Å². The number of nitrogens with one attached hydrogen (secondary N) is 1. The van der Waals surface area contributed by atoms with E-state index in [2.05, 4.69) is 24.2 Å². The number of aromatic amines is 1. The van der Waals surface area contributed by atoms with E-state index >= 15 is 0 Å². The summed E-state index contributed by atoms with van der Waals surface area (Å²) in [5.74, 6) is 2.19. The third-order valence-corrected chi connectivity index (χ3v) is 8.22. The van der Waals surface area contributed by atoms with E-state index in [1.807, 2.05) is 11.0 Å². The largest absolute Gasteiger partial charge is 0.490 e. The number of phosphoric ester groups is 1. The van der Waals surface area contributed by atoms with Gasteiger partial charge in [0, 0.05) is 6.04 Å². The van der Waals surface area contributed by atoms with Crippen LogP contribution in [0.3, 0.4) is 0 Å². The molecule has 7 atom stereocenters. The van der Waals surface area contributed by atoms with Crippen molar-refractivity contribution in [3.05, 3.63) is 27.0 Å². The Morgan fingerprint density at radius 1 is 1.27 bits per heavy atom. The summed E-state index contributed by atoms with van der Waals surface area (Å²) in [5.41, 5.74) is 3.14. The Hall–Kier alpha value is -1.41. The highest BCUT2D eigenvalue weighted by Crippen LogP contribution is 2.66. The standard InChI is InChI=1S/C11H16ClN4O14P3/c1-5(28-32(23,24)30-33(25,26)29-31(20,21)22)7-8(18)11(12,2-3-13)9(27-7)16-10(19)15-6(17)4-14-16/h4-5,7-9,18H,13H2,1H3,(H,23,24)(H,25,26)(H,15,17,19)(H2,20,21,22)/t5-,7+,8-,9+,11?/m0/s1. The lowest BCUT2D eigenvalue weighted by Gasteiger charge is -2.26. The monoisotopic (exact) mass is 556 g/mol. The zero-order valence-electron chi connectivity index (χ0n) is 16.0. The number of H-pyrrole nitrogens is 1. The summed E-state index contributed by atoms with van der Waals surface area (Å²) in [6.45, 7) is 0.991. The van der Waals surface area contributed by atoms with Gasteiger partial charge in [-0.3, -0.25) is 14.3 Å². The second-order valence-corrected chi connectivity index (χ2v) is 11.2. The maximum absolute atomic E-state index is 12.1. The molecule has 0 aliphatic carbocycles. The minimum Gasteiger partial charge on any atom is -0.387 e. The van der Waals surface area contributed by atoms with E-state index in [1.165, 1.54) is 0 Å². The van der Waals surface area contributed by atoms with Crippen molar-refractivity contribution < 1.29 is 56.3 Å². The number of phosphoric acid groups is 3. The minimum atomic E-state index is -5.80. The Kier molecular flexibility index (Phi) is 8.17. The second kappa shape index (κ2) is 9.68. The van der Waals surface area contributed by atoms with Crippen molar-refractivity contribution in [3.8, 4) is 12.0 Å². The molecule has 2 rings (SSSR count). The fourth-order valence-electron chi connectivity index (χ4n) is 2.65. The smallest absolute Gasteiger partial charge is 0.387 e. The highest BCUT2D eigenvalue weighted by atomic mass is 35.5. The van der Waals surface area contributed by atoms with Gasteiger partial charge in [-0.15, -0.1) is 0 Å². The van der Waals surface area contributed by atoms with Crippen molar-refractivity contribution in [2.75, 3.05) is 0 Å². The topological polar surface area (TPSA) is 283 Å². The lowest BCUT2D eigenvalue weighted by atomic mass is 9.97. The SMILES string of the molecule is C[C@H](OP(=O)(O)OP(=O)(O)OP(=O)(O)O)[C@H]1O[C@@H](n2ncc(=O)[nH]c2=O)C(Cl)(C#CN)[C@H]1O. The van der Waals surface area contributed by atoms with Crippen molar-refractivity contribution >= 4 is 35.1 Å². The first kappa shape index (κ1) is 27.8. The lowest BCUT2D eigenvalue weighted by molar-refractivity contribution is -0.0786. The number of hydrogen-bond donors (Lipinski definition) is 7. The predicted octanol–water partition coefficient (Wildman–Crippen LogP) is -2.18. The molecule has 0 amide bonds. The van der Waals surface area contributed by atoms with E-state index in [4.69, 9.17) is 31.9 Å². The van der Waals surface area contributed by atoms with Gasteiger partial charge in [-0.05, 0) is 12.8 Å². The van der Waals surface area contributed by atoms with Gasteiger partial charge in [0.2, 0.25) is 0 Å². The second-order valence-electron chi connectivity index (χ2n) is 6.22. The fourth-order valence-corrected chi connectivity index (χ4v) is 6.18. The molecule has 8 N–H and O–H groups in total. The van der Waals surface area contributed by atoms with Crippen LogP contribution in [-0.4, -0.2) is 62.6 Å². The average molecular weight is 557 g/mol. The summed E-state index contributed by atoms with van der Waals surface area (Å²) in [5, 5.41) is 14.1. The minimum absolute atomic E-state index is 0.486. The quantitative estimate of drug-likeness (QED) is 0.0774. The third kappa shape index (κ3) is 6.81. The Morgan fingerprint density at radius 3 is 2.39 bits per heavy atom. The number of alkyl halides is 1. The van der Waals surface area contributed by atoms with Crippen LogP contribution in [0.2, 0.25) is 0 Å². The number of aliphatic hydroxyl groups excluding tert-OH is 1. The number of hydrogen-bond acceptors (Lipinski definition) is 12. The average Bonchev–Trinajstić information content (AvgIpc) is 2.83. The van der Waals surface area contributed by atoms with Crippen molar-refractivity contribution in [3.63, 3.8) is 0 Å². The Bertz CT molecular complexity index is 1220. The van der Waals surface area contributed by atoms with Crippen LogP contribution in [0.25, 0.3) is 0 Å². The van der Waals surface area contributed by atoms with Crippen molar-refractivity contribution in [1.29, 1.82) is 0 Å². The Balaban J connectivity index is 2.32. The molecule has 33 heavy (non-hydrogen) atoms. The number of ether oxygens (including phenoxy) is 1. The van der Waals surface area contributed by atoms with Gasteiger partial charge in [0.1, 0.15) is 18.4 Å². The summed E-state index contributed by atoms with van der Waals surface area (Å²) in [7, 11) is -17.0. The normalized spacial score (nSPS) is 30.0. The van der Waals surface area contributed by atoms with Crippen molar-refractivity contribution in [2.45, 2.75) is 36.3 Å². The molecule has 18 nitrogen and oxygen atoms in total. The number of aliphatic hydroxyl groups is 1. The molecule has 0 radical (unpaired) electrons. The summed E-state index contributed by atoms with van der Waals surface area (Å²) < 4.78 is 51.8. The maximum Gasteiger partial charge on any atom is 0.490 e. The molecule has 1 aliphatic rings. The van der Waals surface area contributed by atoms with E-state index in [0.29, 0.717) is 10.9 Å². The van der Waals surface area contributed by atoms with E-state index in [0.717, 1.165) is 6.92 Å². The molecule has 1 saturated heterocycles. The first-order valence-electron chi connectivity index (χ1n) is 8.16. The third-order valence-electron chi connectivity index (χ3n) is 3.79. The number of nitrogens with two attached hydrogens (primary N) is 1. The molecule has 1 aromatic heterocycles. The molecule has 0 bridgehead atoms. The van der Waals surface area contributed by atoms with Gasteiger partial charge in [0.15, 0.2) is 11.1 Å². The summed E-state index contributed by atoms with van der Waals surface area (Å²) in [6, 6.07) is 1.90. The van der Waals surface area contributed by atoms with Crippen LogP contribution in [0.4, 0.5) is 0 Å². The van der Waals surface area contributed by atoms with Gasteiger partial charge in [-0.1, -0.05) is 11.6 Å². The Labute approximate surface area is 187 Å². The fraction of sp³-hybridized carbons (Fsp3) is 0.545. The van der Waals surface area contributed by atoms with E-state index in [1.54, 1.807) is 0 Å². The predicted molar refractivity (Wildman–Crippen MR) is 104 cm³/mol. The van der Waals surface area contributed by atoms with Crippen LogP contribution in [0, 0.1) is 12.0 Å². The highest BCUT2D eigenvalue weighted by Gasteiger charge is 2.59. The van der Waals surface area contributed by atoms with E-state index in [-0.39, 0.29) is 0 Å². The molecule has 1 aliphatic heterocycles. The van der Waals surface area contributed by atoms with Gasteiger partial charge in [-0.2, -0.15) is 18.4 Å². The molecule has 0 saturated carbocycles. The summed E-state index contributed by atoms with van der Waals surface area (Å²) in [6.07, 6.45) is -6.44. The molecule has 0 spiro atoms. The van der Waals surface area contributed by atoms with Crippen LogP contribution >= 0.6 is 35.1 Å². The van der Waals surface area contributed by atoms with Gasteiger partial charge < -0.3 is 35.2 Å². The maximum atomic E-state index is 12.1. The van der Waals surface area contributed by atoms with Crippen LogP contribution in [0.15, 0.2) is 15.8 Å². The number of rotatable bonds is 8. The molecular formula is C11H16ClN4O14P3. The van der Waals surface area contributed by atoms with Gasteiger partial charge >= 0.3 is 29.2 Å². The van der Waals surface area contributed by atoms with E-state index < -0.39 is 64.1 Å². The molecular weight excluding hydrogens is 541 g/mol. The first-order chi connectivity index (χ1) is 14.9. The number of aromatic nitrogens is 3. The molecule has 3 unspecified atom stereocenters. The van der Waals surface area contributed by atoms with Crippen LogP contribution in [0.1, 0.15) is 13.2 Å². The zero-order chi connectivity index (χ0) is 25.4. The van der Waals surface area contributed by atoms with Crippen molar-refractivity contribution in [2.24, 2.45) is 5.73 Å². The molecule has 1 fully saturated rings. The molecule has 22 heteroatoms. The summed E-state index contributed by atoms with van der Waals surface area (Å²) in [4.78, 5) is 58.9. The molecule has 2 heterocycles. The Morgan fingerprint density at radius 2 is 1.88 bits per heavy atom. The summed E-state index contributed by atoms with van der Waals surface area (Å²) >= 11 is 6.29. The number of halogens is 1. The van der Waals surface area contributed by atoms with Gasteiger partial charge in [0.25, 0.3) is 5.56 Å². The van der Waals surface area contributed by atoms with Gasteiger partial charge in [0.05, 0.1) is 6.10 Å². The highest BCUT2D eigenvalue weighted by molar-refractivity contribution is 7.66. The van der Waals surface area contributed by atoms with Crippen LogP contribution in [-0.2, 0) is 31.6 Å². The molecule has 1 aromatic rings. The first-order valence-corrected chi connectivity index (χ1v) is 13.1. The lowest BCUT2D eigenvalue weighted by Crippen LogP contribution is -2.46. The zero-order valence-corrected chi connectivity index (χ0v) is 19.4. The van der Waals surface area contributed by atoms with Crippen molar-refractivity contribution in [1.82, 2.24) is 14.8 Å². The van der Waals surface area contributed by atoms with Crippen LogP contribution in [0.5, 0.6) is 0 Å². The molecule has 186 valence electrons. The molecule has 0 aromatic carbocycles. The van der Waals surface area contributed by atoms with Gasteiger partial charge in [-0.25, -0.2) is 18.5 Å².